The number of phenolic OH excluding ortho intramolecular Hbond substituents is 1. The maximum atomic E-state index is 10.5. The summed E-state index contributed by atoms with van der Waals surface area (Å²) in [5.74, 6) is -1.32. The third-order valence-electron chi connectivity index (χ3n) is 1.75. The number of nitro benzene ring substituents is 3. The lowest BCUT2D eigenvalue weighted by atomic mass is 10.2. The molecule has 1 aromatic rings. The summed E-state index contributed by atoms with van der Waals surface area (Å²) in [6.45, 7) is 0. The van der Waals surface area contributed by atoms with E-state index in [0.29, 0.717) is 6.07 Å². The van der Waals surface area contributed by atoms with Gasteiger partial charge in [-0.1, -0.05) is 11.6 Å². The molecule has 0 fully saturated rings. The van der Waals surface area contributed by atoms with E-state index < -0.39 is 42.6 Å². The Morgan fingerprint density at radius 2 is 1.47 bits per heavy atom. The maximum Gasteiger partial charge on any atom is 0.343 e. The van der Waals surface area contributed by atoms with Gasteiger partial charge in [-0.3, -0.25) is 30.3 Å². The lowest BCUT2D eigenvalue weighted by molar-refractivity contribution is -0.404. The van der Waals surface area contributed by atoms with Crippen LogP contribution < -0.4 is 0 Å². The van der Waals surface area contributed by atoms with Gasteiger partial charge in [-0.2, -0.15) is 0 Å². The topological polar surface area (TPSA) is 150 Å². The molecule has 0 saturated carbocycles. The minimum atomic E-state index is -1.32. The molecule has 0 spiro atoms. The van der Waals surface area contributed by atoms with Crippen molar-refractivity contribution in [1.82, 2.24) is 0 Å². The van der Waals surface area contributed by atoms with Gasteiger partial charge in [0.1, 0.15) is 0 Å². The first-order valence-electron chi connectivity index (χ1n) is 3.76. The highest BCUT2D eigenvalue weighted by Crippen LogP contribution is 2.46. The molecule has 0 amide bonds. The third-order valence-corrected chi connectivity index (χ3v) is 2.12. The van der Waals surface area contributed by atoms with Gasteiger partial charge in [0.2, 0.25) is 5.02 Å². The fraction of sp³-hybridized carbons (Fsp3) is 0. The first-order chi connectivity index (χ1) is 7.77. The Morgan fingerprint density at radius 1 is 1.00 bits per heavy atom. The molecule has 1 N–H and O–H groups in total. The lowest BCUT2D eigenvalue weighted by Crippen LogP contribution is -1.99. The molecule has 0 radical (unpaired) electrons. The van der Waals surface area contributed by atoms with Crippen LogP contribution in [0.2, 0.25) is 5.02 Å². The van der Waals surface area contributed by atoms with E-state index >= 15 is 0 Å². The average Bonchev–Trinajstić information content (AvgIpc) is 2.15. The van der Waals surface area contributed by atoms with Crippen molar-refractivity contribution >= 4 is 28.7 Å². The van der Waals surface area contributed by atoms with Crippen molar-refractivity contribution in [2.45, 2.75) is 0 Å². The molecule has 1 aromatic carbocycles. The highest BCUT2D eigenvalue weighted by molar-refractivity contribution is 6.35. The van der Waals surface area contributed by atoms with Crippen LogP contribution in [0.25, 0.3) is 0 Å². The van der Waals surface area contributed by atoms with Crippen LogP contribution in [-0.2, 0) is 0 Å². The molecule has 0 aliphatic carbocycles. The Hall–Kier alpha value is -2.49. The van der Waals surface area contributed by atoms with E-state index in [9.17, 15) is 35.4 Å². The molecule has 17 heavy (non-hydrogen) atoms. The summed E-state index contributed by atoms with van der Waals surface area (Å²) >= 11 is 5.31. The van der Waals surface area contributed by atoms with Crippen molar-refractivity contribution in [2.24, 2.45) is 0 Å². The largest absolute Gasteiger partial charge is 0.497 e. The zero-order valence-electron chi connectivity index (χ0n) is 7.69. The van der Waals surface area contributed by atoms with E-state index in [1.807, 2.05) is 0 Å². The van der Waals surface area contributed by atoms with E-state index in [2.05, 4.69) is 0 Å². The van der Waals surface area contributed by atoms with Crippen LogP contribution in [0.15, 0.2) is 6.07 Å². The normalized spacial score (nSPS) is 9.94. The molecule has 0 bridgehead atoms. The van der Waals surface area contributed by atoms with Gasteiger partial charge in [0, 0.05) is 0 Å². The predicted octanol–water partition coefficient (Wildman–Crippen LogP) is 1.77. The molecule has 0 heterocycles. The summed E-state index contributed by atoms with van der Waals surface area (Å²) in [6.07, 6.45) is 0. The van der Waals surface area contributed by atoms with Crippen LogP contribution in [0.3, 0.4) is 0 Å². The van der Waals surface area contributed by atoms with Crippen molar-refractivity contribution < 1.29 is 19.9 Å². The molecule has 0 aliphatic rings. The maximum absolute atomic E-state index is 10.5. The lowest BCUT2D eigenvalue weighted by Gasteiger charge is -2.00. The smallest absolute Gasteiger partial charge is 0.343 e. The molecule has 10 nitrogen and oxygen atoms in total. The molecule has 0 aliphatic heterocycles. The Labute approximate surface area is 96.5 Å². The SMILES string of the molecule is O=[N+]([O-])c1cc([N+](=O)[O-])c(Cl)c([N+](=O)[O-])c1O. The van der Waals surface area contributed by atoms with Crippen LogP contribution in [0.1, 0.15) is 0 Å². The summed E-state index contributed by atoms with van der Waals surface area (Å²) < 4.78 is 0. The highest BCUT2D eigenvalue weighted by atomic mass is 35.5. The Kier molecular flexibility index (Phi) is 3.09. The van der Waals surface area contributed by atoms with Gasteiger partial charge in [0.15, 0.2) is 0 Å². The predicted molar refractivity (Wildman–Crippen MR) is 53.1 cm³/mol. The summed E-state index contributed by atoms with van der Waals surface area (Å²) in [4.78, 5) is 27.9. The number of hydrogen-bond donors (Lipinski definition) is 1. The van der Waals surface area contributed by atoms with Gasteiger partial charge in [-0.05, 0) is 0 Å². The number of halogens is 1. The van der Waals surface area contributed by atoms with E-state index in [-0.39, 0.29) is 0 Å². The quantitative estimate of drug-likeness (QED) is 0.644. The monoisotopic (exact) mass is 263 g/mol. The minimum Gasteiger partial charge on any atom is -0.497 e. The number of phenols is 1. The molecular weight excluding hydrogens is 262 g/mol. The zero-order valence-corrected chi connectivity index (χ0v) is 8.45. The van der Waals surface area contributed by atoms with Gasteiger partial charge < -0.3 is 5.11 Å². The second-order valence-electron chi connectivity index (χ2n) is 2.70. The van der Waals surface area contributed by atoms with Crippen LogP contribution >= 0.6 is 11.6 Å². The Morgan fingerprint density at radius 3 is 1.82 bits per heavy atom. The molecule has 0 unspecified atom stereocenters. The van der Waals surface area contributed by atoms with Crippen LogP contribution in [-0.4, -0.2) is 19.9 Å². The van der Waals surface area contributed by atoms with Crippen LogP contribution in [0.5, 0.6) is 5.75 Å². The molecular formula is C6H2ClN3O7. The Balaban J connectivity index is 3.76. The van der Waals surface area contributed by atoms with Crippen molar-refractivity contribution in [3.05, 3.63) is 41.4 Å². The van der Waals surface area contributed by atoms with Gasteiger partial charge in [-0.25, -0.2) is 0 Å². The number of nitrogens with zero attached hydrogens (tertiary/aromatic N) is 3. The molecule has 90 valence electrons. The first-order valence-corrected chi connectivity index (χ1v) is 4.13. The number of nitro groups is 3. The highest BCUT2D eigenvalue weighted by Gasteiger charge is 2.35. The fourth-order valence-electron chi connectivity index (χ4n) is 1.05. The van der Waals surface area contributed by atoms with E-state index in [0.717, 1.165) is 0 Å². The van der Waals surface area contributed by atoms with Crippen molar-refractivity contribution in [1.29, 1.82) is 0 Å². The second-order valence-corrected chi connectivity index (χ2v) is 3.08. The van der Waals surface area contributed by atoms with Crippen molar-refractivity contribution in [3.8, 4) is 5.75 Å². The number of aromatic hydroxyl groups is 1. The second kappa shape index (κ2) is 4.17. The number of benzene rings is 1. The number of rotatable bonds is 3. The third kappa shape index (κ3) is 2.06. The molecule has 0 saturated heterocycles. The summed E-state index contributed by atoms with van der Waals surface area (Å²) in [5.41, 5.74) is -3.46. The first kappa shape index (κ1) is 12.6. The van der Waals surface area contributed by atoms with Gasteiger partial charge >= 0.3 is 17.1 Å². The summed E-state index contributed by atoms with van der Waals surface area (Å²) in [7, 11) is 0. The van der Waals surface area contributed by atoms with Gasteiger partial charge in [-0.15, -0.1) is 0 Å². The standard InChI is InChI=1S/C6H2ClN3O7/c7-4-2(8(12)13)1-3(9(14)15)6(11)5(4)10(16)17/h1,11H. The fourth-order valence-corrected chi connectivity index (χ4v) is 1.33. The minimum absolute atomic E-state index is 0.352. The molecule has 0 aromatic heterocycles. The van der Waals surface area contributed by atoms with Crippen molar-refractivity contribution in [2.75, 3.05) is 0 Å². The molecule has 0 atom stereocenters. The van der Waals surface area contributed by atoms with Crippen LogP contribution in [0.4, 0.5) is 17.1 Å². The number of hydrogen-bond acceptors (Lipinski definition) is 7. The van der Waals surface area contributed by atoms with Gasteiger partial charge in [0.05, 0.1) is 20.8 Å². The average molecular weight is 264 g/mol. The van der Waals surface area contributed by atoms with Crippen LogP contribution in [0, 0.1) is 30.3 Å². The Bertz CT molecular complexity index is 505. The van der Waals surface area contributed by atoms with Crippen molar-refractivity contribution in [3.63, 3.8) is 0 Å². The van der Waals surface area contributed by atoms with E-state index in [1.54, 1.807) is 0 Å². The van der Waals surface area contributed by atoms with E-state index in [4.69, 9.17) is 11.6 Å². The molecule has 1 rings (SSSR count). The summed E-state index contributed by atoms with van der Waals surface area (Å²) in [6, 6.07) is 0.352. The molecule has 11 heteroatoms. The zero-order chi connectivity index (χ0) is 13.3. The van der Waals surface area contributed by atoms with E-state index in [1.165, 1.54) is 0 Å². The summed E-state index contributed by atoms with van der Waals surface area (Å²) in [5, 5.41) is 39.7. The van der Waals surface area contributed by atoms with Gasteiger partial charge in [0.25, 0.3) is 5.75 Å².